The fraction of sp³-hybridized carbons (Fsp3) is 0.941. The molecule has 0 aromatic rings. The Kier molecular flexibility index (Phi) is 38.8. The number of rotatable bonds is 44. The van der Waals surface area contributed by atoms with E-state index in [1.807, 2.05) is 9.80 Å². The Hall–Kier alpha value is -1.71. The molecule has 1 fully saturated rings. The number of hydrogen-bond acceptors (Lipinski definition) is 6. The number of piperazine rings is 1. The molecule has 0 atom stereocenters. The zero-order chi connectivity index (χ0) is 43.7. The normalized spacial score (nSPS) is 13.4. The molecule has 0 aliphatic carbocycles. The van der Waals surface area contributed by atoms with Crippen LogP contribution in [0.4, 0.5) is 0 Å². The fourth-order valence-corrected chi connectivity index (χ4v) is 8.73. The number of unbranched alkanes of at least 4 members (excludes halogenated alkanes) is 25. The molecule has 0 aromatic heterocycles. The van der Waals surface area contributed by atoms with E-state index in [-0.39, 0.29) is 18.2 Å². The van der Waals surface area contributed by atoms with Gasteiger partial charge in [-0.05, 0) is 71.2 Å². The molecule has 0 bridgehead atoms. The summed E-state index contributed by atoms with van der Waals surface area (Å²) in [5.74, 6) is -0.391. The lowest BCUT2D eigenvalue weighted by molar-refractivity contribution is -0.140. The zero-order valence-corrected chi connectivity index (χ0v) is 40.5. The van der Waals surface area contributed by atoms with E-state index in [1.165, 1.54) is 180 Å². The molecule has 1 rings (SSSR count). The number of amides is 2. The average molecular weight is 848 g/mol. The predicted molar refractivity (Wildman–Crippen MR) is 256 cm³/mol. The van der Waals surface area contributed by atoms with Crippen molar-refractivity contribution >= 4 is 17.8 Å². The van der Waals surface area contributed by atoms with Crippen molar-refractivity contribution in [1.82, 2.24) is 24.5 Å². The molecule has 9 heteroatoms. The molecule has 0 spiro atoms. The quantitative estimate of drug-likeness (QED) is 0.0611. The SMILES string of the molecule is CCCCCCCCCN(CCCCCCCCC)CCN(CCCCCCCCC)CC(=O)N1CCN(C(=O)CN(CCCCCCCCC)CCCCC(=O)O)CC1. The minimum Gasteiger partial charge on any atom is -0.481 e. The topological polar surface area (TPSA) is 87.6 Å². The highest BCUT2D eigenvalue weighted by Gasteiger charge is 2.26. The van der Waals surface area contributed by atoms with Crippen LogP contribution in [0, 0.1) is 0 Å². The number of carbonyl (C=O) groups is 3. The first-order valence-electron chi connectivity index (χ1n) is 26.3. The zero-order valence-electron chi connectivity index (χ0n) is 40.5. The van der Waals surface area contributed by atoms with Crippen LogP contribution in [-0.4, -0.2) is 132 Å². The summed E-state index contributed by atoms with van der Waals surface area (Å²) in [5, 5.41) is 9.11. The molecule has 2 amide bonds. The number of aliphatic carboxylic acids is 1. The first-order chi connectivity index (χ1) is 29.3. The van der Waals surface area contributed by atoms with E-state index >= 15 is 0 Å². The minimum absolute atomic E-state index is 0.144. The Labute approximate surface area is 372 Å². The second kappa shape index (κ2) is 41.3. The molecule has 1 saturated heterocycles. The standard InChI is InChI=1S/C51H101N5O4/c1-5-9-13-17-21-25-30-36-52(37-31-26-22-18-14-10-6-2)41-42-54(39-33-28-24-20-16-12-8-4)48-50(58)56-45-43-55(44-46-56)49(57)47-53(40-34-29-35-51(59)60)38-32-27-23-19-15-11-7-3/h5-48H2,1-4H3,(H,59,60). The van der Waals surface area contributed by atoms with Crippen molar-refractivity contribution < 1.29 is 19.5 Å². The molecular weight excluding hydrogens is 747 g/mol. The van der Waals surface area contributed by atoms with Crippen LogP contribution in [0.2, 0.25) is 0 Å². The molecular formula is C51H101N5O4. The minimum atomic E-state index is -0.752. The average Bonchev–Trinajstić information content (AvgIpc) is 3.24. The van der Waals surface area contributed by atoms with Crippen molar-refractivity contribution in [3.63, 3.8) is 0 Å². The summed E-state index contributed by atoms with van der Waals surface area (Å²) in [6.45, 7) is 19.4. The second-order valence-electron chi connectivity index (χ2n) is 18.5. The Morgan fingerprint density at radius 1 is 0.350 bits per heavy atom. The van der Waals surface area contributed by atoms with Crippen molar-refractivity contribution in [3.05, 3.63) is 0 Å². The number of carboxylic acids is 1. The summed E-state index contributed by atoms with van der Waals surface area (Å²) >= 11 is 0. The lowest BCUT2D eigenvalue weighted by Crippen LogP contribution is -2.54. The molecule has 354 valence electrons. The molecule has 1 heterocycles. The van der Waals surface area contributed by atoms with Gasteiger partial charge in [-0.2, -0.15) is 0 Å². The van der Waals surface area contributed by atoms with Gasteiger partial charge in [0, 0.05) is 45.7 Å². The van der Waals surface area contributed by atoms with E-state index in [2.05, 4.69) is 42.4 Å². The summed E-state index contributed by atoms with van der Waals surface area (Å²) in [7, 11) is 0. The molecule has 0 unspecified atom stereocenters. The van der Waals surface area contributed by atoms with E-state index in [1.54, 1.807) is 0 Å². The number of hydrogen-bond donors (Lipinski definition) is 1. The van der Waals surface area contributed by atoms with E-state index in [0.717, 1.165) is 52.0 Å². The Morgan fingerprint density at radius 3 is 0.917 bits per heavy atom. The second-order valence-corrected chi connectivity index (χ2v) is 18.5. The summed E-state index contributed by atoms with van der Waals surface area (Å²) in [6, 6.07) is 0. The van der Waals surface area contributed by atoms with Crippen LogP contribution in [0.25, 0.3) is 0 Å². The molecule has 0 aromatic carbocycles. The van der Waals surface area contributed by atoms with E-state index in [0.29, 0.717) is 45.7 Å². The highest BCUT2D eigenvalue weighted by atomic mass is 16.4. The van der Waals surface area contributed by atoms with Crippen molar-refractivity contribution in [1.29, 1.82) is 0 Å². The molecule has 9 nitrogen and oxygen atoms in total. The highest BCUT2D eigenvalue weighted by Crippen LogP contribution is 2.14. The van der Waals surface area contributed by atoms with Crippen molar-refractivity contribution in [3.8, 4) is 0 Å². The van der Waals surface area contributed by atoms with Crippen LogP contribution in [0.1, 0.15) is 227 Å². The number of nitrogens with zero attached hydrogens (tertiary/aromatic N) is 5. The lowest BCUT2D eigenvalue weighted by Gasteiger charge is -2.37. The van der Waals surface area contributed by atoms with Gasteiger partial charge in [-0.3, -0.25) is 24.2 Å². The van der Waals surface area contributed by atoms with Crippen LogP contribution in [-0.2, 0) is 14.4 Å². The van der Waals surface area contributed by atoms with Gasteiger partial charge in [0.05, 0.1) is 13.1 Å². The van der Waals surface area contributed by atoms with Gasteiger partial charge in [-0.1, -0.05) is 182 Å². The third kappa shape index (κ3) is 32.9. The van der Waals surface area contributed by atoms with Gasteiger partial charge < -0.3 is 19.8 Å². The molecule has 1 aliphatic heterocycles. The molecule has 1 aliphatic rings. The summed E-state index contributed by atoms with van der Waals surface area (Å²) in [6.07, 6.45) is 38.0. The summed E-state index contributed by atoms with van der Waals surface area (Å²) < 4.78 is 0. The largest absolute Gasteiger partial charge is 0.481 e. The van der Waals surface area contributed by atoms with Crippen LogP contribution in [0.5, 0.6) is 0 Å². The Morgan fingerprint density at radius 2 is 0.600 bits per heavy atom. The number of carbonyl (C=O) groups excluding carboxylic acids is 2. The third-order valence-electron chi connectivity index (χ3n) is 12.9. The van der Waals surface area contributed by atoms with Crippen LogP contribution < -0.4 is 0 Å². The highest BCUT2D eigenvalue weighted by molar-refractivity contribution is 5.80. The smallest absolute Gasteiger partial charge is 0.303 e. The van der Waals surface area contributed by atoms with Crippen molar-refractivity contribution in [2.45, 2.75) is 227 Å². The van der Waals surface area contributed by atoms with Crippen LogP contribution >= 0.6 is 0 Å². The molecule has 60 heavy (non-hydrogen) atoms. The first kappa shape index (κ1) is 56.3. The van der Waals surface area contributed by atoms with Gasteiger partial charge in [0.2, 0.25) is 11.8 Å². The van der Waals surface area contributed by atoms with Crippen LogP contribution in [0.3, 0.4) is 0 Å². The first-order valence-corrected chi connectivity index (χ1v) is 26.3. The summed E-state index contributed by atoms with van der Waals surface area (Å²) in [5.41, 5.74) is 0. The maximum absolute atomic E-state index is 13.9. The Balaban J connectivity index is 2.77. The maximum atomic E-state index is 13.9. The predicted octanol–water partition coefficient (Wildman–Crippen LogP) is 11.8. The molecule has 0 radical (unpaired) electrons. The van der Waals surface area contributed by atoms with Gasteiger partial charge in [0.1, 0.15) is 0 Å². The summed E-state index contributed by atoms with van der Waals surface area (Å²) in [4.78, 5) is 49.9. The lowest BCUT2D eigenvalue weighted by atomic mass is 10.1. The molecule has 1 N–H and O–H groups in total. The molecule has 0 saturated carbocycles. The van der Waals surface area contributed by atoms with Gasteiger partial charge >= 0.3 is 5.97 Å². The Bertz CT molecular complexity index is 973. The van der Waals surface area contributed by atoms with E-state index in [4.69, 9.17) is 5.11 Å². The van der Waals surface area contributed by atoms with Crippen LogP contribution in [0.15, 0.2) is 0 Å². The van der Waals surface area contributed by atoms with Crippen molar-refractivity contribution in [2.24, 2.45) is 0 Å². The van der Waals surface area contributed by atoms with E-state index in [9.17, 15) is 14.4 Å². The monoisotopic (exact) mass is 848 g/mol. The van der Waals surface area contributed by atoms with Gasteiger partial charge in [0.25, 0.3) is 0 Å². The van der Waals surface area contributed by atoms with Gasteiger partial charge in [-0.15, -0.1) is 0 Å². The maximum Gasteiger partial charge on any atom is 0.303 e. The van der Waals surface area contributed by atoms with Gasteiger partial charge in [0.15, 0.2) is 0 Å². The van der Waals surface area contributed by atoms with E-state index < -0.39 is 5.97 Å². The third-order valence-corrected chi connectivity index (χ3v) is 12.9. The number of carboxylic acid groups (broad SMARTS) is 1. The van der Waals surface area contributed by atoms with Gasteiger partial charge in [-0.25, -0.2) is 0 Å². The fourth-order valence-electron chi connectivity index (χ4n) is 8.73. The van der Waals surface area contributed by atoms with Crippen molar-refractivity contribution in [2.75, 3.05) is 85.1 Å².